The van der Waals surface area contributed by atoms with Crippen LogP contribution < -0.4 is 0 Å². The third-order valence-corrected chi connectivity index (χ3v) is 2.41. The van der Waals surface area contributed by atoms with Gasteiger partial charge in [0.05, 0.1) is 0 Å². The summed E-state index contributed by atoms with van der Waals surface area (Å²) < 4.78 is 0. The molecule has 86 valence electrons. The van der Waals surface area contributed by atoms with Crippen molar-refractivity contribution in [3.63, 3.8) is 0 Å². The van der Waals surface area contributed by atoms with Crippen LogP contribution in [0.3, 0.4) is 0 Å². The quantitative estimate of drug-likeness (QED) is 0.814. The molecule has 0 amide bonds. The first kappa shape index (κ1) is 11.3. The summed E-state index contributed by atoms with van der Waals surface area (Å²) in [6, 6.07) is 11.1. The van der Waals surface area contributed by atoms with Crippen molar-refractivity contribution >= 4 is 6.21 Å². The highest BCUT2D eigenvalue weighted by Gasteiger charge is 1.92. The summed E-state index contributed by atoms with van der Waals surface area (Å²) in [6.07, 6.45) is 6.23. The van der Waals surface area contributed by atoms with E-state index in [-0.39, 0.29) is 0 Å². The Hall–Kier alpha value is -2.16. The van der Waals surface area contributed by atoms with E-state index in [2.05, 4.69) is 9.98 Å². The zero-order valence-corrected chi connectivity index (χ0v) is 9.45. The molecule has 0 bridgehead atoms. The van der Waals surface area contributed by atoms with Crippen molar-refractivity contribution < 1.29 is 5.11 Å². The number of phenols is 1. The highest BCUT2D eigenvalue weighted by Crippen LogP contribution is 2.09. The van der Waals surface area contributed by atoms with Crippen molar-refractivity contribution in [3.05, 3.63) is 59.9 Å². The van der Waals surface area contributed by atoms with Crippen molar-refractivity contribution in [2.45, 2.75) is 6.42 Å². The Morgan fingerprint density at radius 2 is 1.76 bits per heavy atom. The predicted molar refractivity (Wildman–Crippen MR) is 68.5 cm³/mol. The molecule has 0 aliphatic carbocycles. The fraction of sp³-hybridized carbons (Fsp3) is 0.143. The Labute approximate surface area is 100 Å². The Balaban J connectivity index is 1.84. The molecular weight excluding hydrogens is 212 g/mol. The molecule has 3 heteroatoms. The standard InChI is InChI=1S/C14H14N2O/c17-14-3-1-12(2-4-14)5-10-16-11-13-6-8-15-9-7-13/h1-4,6-9,11,17H,5,10H2/b16-11+. The Morgan fingerprint density at radius 1 is 1.06 bits per heavy atom. The normalized spacial score (nSPS) is 10.8. The van der Waals surface area contributed by atoms with Gasteiger partial charge in [-0.25, -0.2) is 0 Å². The SMILES string of the molecule is Oc1ccc(CC/N=C/c2ccncc2)cc1. The molecular formula is C14H14N2O. The van der Waals surface area contributed by atoms with Crippen LogP contribution in [0.4, 0.5) is 0 Å². The molecule has 1 aromatic heterocycles. The van der Waals surface area contributed by atoms with Gasteiger partial charge >= 0.3 is 0 Å². The number of pyridine rings is 1. The predicted octanol–water partition coefficient (Wildman–Crippen LogP) is 2.45. The second kappa shape index (κ2) is 5.80. The highest BCUT2D eigenvalue weighted by atomic mass is 16.3. The maximum atomic E-state index is 9.14. The summed E-state index contributed by atoms with van der Waals surface area (Å²) in [4.78, 5) is 8.29. The van der Waals surface area contributed by atoms with Crippen molar-refractivity contribution in [3.8, 4) is 5.75 Å². The zero-order valence-electron chi connectivity index (χ0n) is 9.45. The van der Waals surface area contributed by atoms with Gasteiger partial charge in [0.2, 0.25) is 0 Å². The second-order valence-electron chi connectivity index (χ2n) is 3.73. The van der Waals surface area contributed by atoms with E-state index in [0.29, 0.717) is 5.75 Å². The summed E-state index contributed by atoms with van der Waals surface area (Å²) in [5.74, 6) is 0.300. The molecule has 1 N–H and O–H groups in total. The zero-order chi connectivity index (χ0) is 11.9. The van der Waals surface area contributed by atoms with Gasteiger partial charge in [-0.05, 0) is 41.8 Å². The van der Waals surface area contributed by atoms with E-state index >= 15 is 0 Å². The summed E-state index contributed by atoms with van der Waals surface area (Å²) in [6.45, 7) is 0.743. The van der Waals surface area contributed by atoms with Gasteiger partial charge in [0, 0.05) is 25.2 Å². The molecule has 0 aliphatic heterocycles. The molecule has 0 spiro atoms. The number of hydrogen-bond acceptors (Lipinski definition) is 3. The lowest BCUT2D eigenvalue weighted by atomic mass is 10.1. The first-order chi connectivity index (χ1) is 8.34. The first-order valence-corrected chi connectivity index (χ1v) is 5.52. The molecule has 0 radical (unpaired) electrons. The van der Waals surface area contributed by atoms with E-state index in [0.717, 1.165) is 18.5 Å². The Kier molecular flexibility index (Phi) is 3.86. The Morgan fingerprint density at radius 3 is 2.47 bits per heavy atom. The van der Waals surface area contributed by atoms with Gasteiger partial charge in [0.1, 0.15) is 5.75 Å². The lowest BCUT2D eigenvalue weighted by Gasteiger charge is -1.98. The number of aliphatic imine (C=N–C) groups is 1. The van der Waals surface area contributed by atoms with E-state index in [9.17, 15) is 0 Å². The van der Waals surface area contributed by atoms with E-state index < -0.39 is 0 Å². The van der Waals surface area contributed by atoms with E-state index in [1.165, 1.54) is 5.56 Å². The summed E-state index contributed by atoms with van der Waals surface area (Å²) in [5.41, 5.74) is 2.24. The van der Waals surface area contributed by atoms with Gasteiger partial charge in [-0.2, -0.15) is 0 Å². The molecule has 2 aromatic rings. The largest absolute Gasteiger partial charge is 0.508 e. The molecule has 1 aromatic carbocycles. The minimum atomic E-state index is 0.300. The minimum absolute atomic E-state index is 0.300. The van der Waals surface area contributed by atoms with Gasteiger partial charge in [-0.1, -0.05) is 12.1 Å². The van der Waals surface area contributed by atoms with Gasteiger partial charge in [0.15, 0.2) is 0 Å². The fourth-order valence-corrected chi connectivity index (χ4v) is 1.48. The van der Waals surface area contributed by atoms with Gasteiger partial charge in [-0.3, -0.25) is 9.98 Å². The number of aromatic nitrogens is 1. The second-order valence-corrected chi connectivity index (χ2v) is 3.73. The molecule has 0 aliphatic rings. The number of hydrogen-bond donors (Lipinski definition) is 1. The maximum absolute atomic E-state index is 9.14. The number of benzene rings is 1. The van der Waals surface area contributed by atoms with Gasteiger partial charge < -0.3 is 5.11 Å². The summed E-state index contributed by atoms with van der Waals surface area (Å²) >= 11 is 0. The van der Waals surface area contributed by atoms with Crippen LogP contribution in [0.2, 0.25) is 0 Å². The summed E-state index contributed by atoms with van der Waals surface area (Å²) in [7, 11) is 0. The number of nitrogens with zero attached hydrogens (tertiary/aromatic N) is 2. The van der Waals surface area contributed by atoms with E-state index in [4.69, 9.17) is 5.11 Å². The number of rotatable bonds is 4. The van der Waals surface area contributed by atoms with E-state index in [1.807, 2.05) is 30.5 Å². The molecule has 0 atom stereocenters. The van der Waals surface area contributed by atoms with Crippen molar-refractivity contribution in [2.75, 3.05) is 6.54 Å². The van der Waals surface area contributed by atoms with Crippen LogP contribution in [0.15, 0.2) is 53.8 Å². The number of aromatic hydroxyl groups is 1. The van der Waals surface area contributed by atoms with Crippen LogP contribution in [0.25, 0.3) is 0 Å². The van der Waals surface area contributed by atoms with Crippen molar-refractivity contribution in [2.24, 2.45) is 4.99 Å². The fourth-order valence-electron chi connectivity index (χ4n) is 1.48. The molecule has 0 saturated heterocycles. The van der Waals surface area contributed by atoms with Crippen LogP contribution in [0, 0.1) is 0 Å². The average Bonchev–Trinajstić information content (AvgIpc) is 2.38. The molecule has 0 fully saturated rings. The third-order valence-electron chi connectivity index (χ3n) is 2.41. The lowest BCUT2D eigenvalue weighted by molar-refractivity contribution is 0.475. The van der Waals surface area contributed by atoms with Crippen LogP contribution in [-0.4, -0.2) is 22.8 Å². The van der Waals surface area contributed by atoms with Crippen molar-refractivity contribution in [1.29, 1.82) is 0 Å². The molecule has 0 saturated carbocycles. The van der Waals surface area contributed by atoms with E-state index in [1.54, 1.807) is 24.5 Å². The smallest absolute Gasteiger partial charge is 0.115 e. The minimum Gasteiger partial charge on any atom is -0.508 e. The maximum Gasteiger partial charge on any atom is 0.115 e. The average molecular weight is 226 g/mol. The molecule has 2 rings (SSSR count). The van der Waals surface area contributed by atoms with Gasteiger partial charge in [-0.15, -0.1) is 0 Å². The van der Waals surface area contributed by atoms with Gasteiger partial charge in [0.25, 0.3) is 0 Å². The third kappa shape index (κ3) is 3.72. The highest BCUT2D eigenvalue weighted by molar-refractivity contribution is 5.79. The molecule has 17 heavy (non-hydrogen) atoms. The van der Waals surface area contributed by atoms with Crippen LogP contribution in [0.1, 0.15) is 11.1 Å². The van der Waals surface area contributed by atoms with Crippen LogP contribution in [-0.2, 0) is 6.42 Å². The Bertz CT molecular complexity index is 477. The molecule has 3 nitrogen and oxygen atoms in total. The van der Waals surface area contributed by atoms with Crippen molar-refractivity contribution in [1.82, 2.24) is 4.98 Å². The topological polar surface area (TPSA) is 45.5 Å². The molecule has 0 unspecified atom stereocenters. The van der Waals surface area contributed by atoms with Crippen LogP contribution in [0.5, 0.6) is 5.75 Å². The number of phenolic OH excluding ortho intramolecular Hbond substituents is 1. The monoisotopic (exact) mass is 226 g/mol. The van der Waals surface area contributed by atoms with Crippen LogP contribution >= 0.6 is 0 Å². The molecule has 1 heterocycles. The lowest BCUT2D eigenvalue weighted by Crippen LogP contribution is -1.90. The summed E-state index contributed by atoms with van der Waals surface area (Å²) in [5, 5.41) is 9.14. The first-order valence-electron chi connectivity index (χ1n) is 5.52.